The fourth-order valence-corrected chi connectivity index (χ4v) is 2.09. The highest BCUT2D eigenvalue weighted by Crippen LogP contribution is 2.12. The molecule has 1 atom stereocenters. The molecule has 1 aliphatic heterocycles. The molecule has 0 aliphatic carbocycles. The summed E-state index contributed by atoms with van der Waals surface area (Å²) in [5, 5.41) is 7.34. The van der Waals surface area contributed by atoms with Crippen LogP contribution in [0, 0.1) is 6.92 Å². The minimum Gasteiger partial charge on any atom is -0.338 e. The number of hydrogen-bond donors (Lipinski definition) is 1. The topological polar surface area (TPSA) is 54.2 Å². The van der Waals surface area contributed by atoms with Gasteiger partial charge in [-0.15, -0.1) is 0 Å². The second-order valence-electron chi connectivity index (χ2n) is 4.41. The molecule has 5 heteroatoms. The number of aryl methyl sites for hydroxylation is 1. The van der Waals surface area contributed by atoms with Crippen molar-refractivity contribution in [2.75, 3.05) is 19.6 Å². The van der Waals surface area contributed by atoms with E-state index in [2.05, 4.69) is 27.3 Å². The maximum Gasteiger partial charge on any atom is 0.240 e. The number of likely N-dealkylation sites (tertiary alicyclic amines) is 1. The molecule has 1 fully saturated rings. The van der Waals surface area contributed by atoms with E-state index in [1.165, 1.54) is 12.8 Å². The first-order chi connectivity index (χ1) is 7.78. The second kappa shape index (κ2) is 5.41. The van der Waals surface area contributed by atoms with Crippen LogP contribution >= 0.6 is 0 Å². The number of rotatable bonds is 5. The van der Waals surface area contributed by atoms with Crippen molar-refractivity contribution in [1.29, 1.82) is 0 Å². The Balaban J connectivity index is 1.76. The van der Waals surface area contributed by atoms with Crippen molar-refractivity contribution in [1.82, 2.24) is 20.4 Å². The van der Waals surface area contributed by atoms with Crippen LogP contribution < -0.4 is 5.32 Å². The van der Waals surface area contributed by atoms with Crippen LogP contribution in [-0.2, 0) is 6.54 Å². The Morgan fingerprint density at radius 1 is 1.56 bits per heavy atom. The minimum atomic E-state index is 0.629. The average molecular weight is 224 g/mol. The molecule has 0 aromatic carbocycles. The average Bonchev–Trinajstić information content (AvgIpc) is 2.86. The van der Waals surface area contributed by atoms with Gasteiger partial charge in [-0.2, -0.15) is 4.98 Å². The Morgan fingerprint density at radius 3 is 3.12 bits per heavy atom. The summed E-state index contributed by atoms with van der Waals surface area (Å²) in [6.07, 6.45) is 2.41. The van der Waals surface area contributed by atoms with Crippen LogP contribution in [0.5, 0.6) is 0 Å². The van der Waals surface area contributed by atoms with Gasteiger partial charge in [0, 0.05) is 19.1 Å². The van der Waals surface area contributed by atoms with Crippen LogP contribution in [0.1, 0.15) is 31.5 Å². The van der Waals surface area contributed by atoms with Gasteiger partial charge in [0.15, 0.2) is 5.82 Å². The summed E-state index contributed by atoms with van der Waals surface area (Å²) in [6.45, 7) is 8.14. The summed E-state index contributed by atoms with van der Waals surface area (Å²) in [7, 11) is 0. The van der Waals surface area contributed by atoms with Crippen LogP contribution in [-0.4, -0.2) is 40.7 Å². The van der Waals surface area contributed by atoms with E-state index in [9.17, 15) is 0 Å². The number of nitrogens with one attached hydrogen (secondary N) is 1. The molecule has 1 aromatic rings. The first kappa shape index (κ1) is 11.5. The van der Waals surface area contributed by atoms with E-state index in [4.69, 9.17) is 4.52 Å². The van der Waals surface area contributed by atoms with Gasteiger partial charge in [-0.1, -0.05) is 12.1 Å². The van der Waals surface area contributed by atoms with Gasteiger partial charge >= 0.3 is 0 Å². The SMILES string of the molecule is CCCNC1CCN(Cc2nc(C)no2)C1. The van der Waals surface area contributed by atoms with Gasteiger partial charge < -0.3 is 9.84 Å². The van der Waals surface area contributed by atoms with Crippen molar-refractivity contribution < 1.29 is 4.52 Å². The van der Waals surface area contributed by atoms with Crippen LogP contribution in [0.2, 0.25) is 0 Å². The fraction of sp³-hybridized carbons (Fsp3) is 0.818. The predicted molar refractivity (Wildman–Crippen MR) is 61.0 cm³/mol. The Labute approximate surface area is 96.2 Å². The summed E-state index contributed by atoms with van der Waals surface area (Å²) in [5.74, 6) is 1.45. The molecule has 2 heterocycles. The van der Waals surface area contributed by atoms with E-state index in [1.807, 2.05) is 6.92 Å². The third kappa shape index (κ3) is 3.02. The molecular formula is C11H20N4O. The Hall–Kier alpha value is -0.940. The minimum absolute atomic E-state index is 0.629. The lowest BCUT2D eigenvalue weighted by Crippen LogP contribution is -2.32. The molecule has 0 bridgehead atoms. The van der Waals surface area contributed by atoms with Crippen molar-refractivity contribution in [3.63, 3.8) is 0 Å². The molecule has 1 saturated heterocycles. The van der Waals surface area contributed by atoms with Gasteiger partial charge in [0.05, 0.1) is 6.54 Å². The zero-order valence-electron chi connectivity index (χ0n) is 10.1. The van der Waals surface area contributed by atoms with Crippen molar-refractivity contribution >= 4 is 0 Å². The summed E-state index contributed by atoms with van der Waals surface area (Å²) in [6, 6.07) is 0.629. The van der Waals surface area contributed by atoms with Crippen molar-refractivity contribution in [3.8, 4) is 0 Å². The van der Waals surface area contributed by atoms with Crippen LogP contribution in [0.4, 0.5) is 0 Å². The Morgan fingerprint density at radius 2 is 2.44 bits per heavy atom. The lowest BCUT2D eigenvalue weighted by atomic mass is 10.2. The molecule has 0 saturated carbocycles. The second-order valence-corrected chi connectivity index (χ2v) is 4.41. The lowest BCUT2D eigenvalue weighted by molar-refractivity contribution is 0.262. The summed E-state index contributed by atoms with van der Waals surface area (Å²) in [4.78, 5) is 6.58. The molecule has 1 unspecified atom stereocenters. The quantitative estimate of drug-likeness (QED) is 0.807. The number of nitrogens with zero attached hydrogens (tertiary/aromatic N) is 3. The third-order valence-corrected chi connectivity index (χ3v) is 2.88. The van der Waals surface area contributed by atoms with Crippen LogP contribution in [0.3, 0.4) is 0 Å². The molecule has 1 aromatic heterocycles. The van der Waals surface area contributed by atoms with Crippen LogP contribution in [0.25, 0.3) is 0 Å². The molecular weight excluding hydrogens is 204 g/mol. The zero-order chi connectivity index (χ0) is 11.4. The van der Waals surface area contributed by atoms with E-state index in [1.54, 1.807) is 0 Å². The number of aromatic nitrogens is 2. The predicted octanol–water partition coefficient (Wildman–Crippen LogP) is 0.952. The molecule has 0 radical (unpaired) electrons. The fourth-order valence-electron chi connectivity index (χ4n) is 2.09. The van der Waals surface area contributed by atoms with Gasteiger partial charge in [-0.25, -0.2) is 0 Å². The largest absolute Gasteiger partial charge is 0.338 e. The highest BCUT2D eigenvalue weighted by atomic mass is 16.5. The van der Waals surface area contributed by atoms with Crippen molar-refractivity contribution in [2.24, 2.45) is 0 Å². The molecule has 16 heavy (non-hydrogen) atoms. The molecule has 0 amide bonds. The van der Waals surface area contributed by atoms with E-state index < -0.39 is 0 Å². The van der Waals surface area contributed by atoms with Gasteiger partial charge in [0.2, 0.25) is 5.89 Å². The highest BCUT2D eigenvalue weighted by Gasteiger charge is 2.23. The summed E-state index contributed by atoms with van der Waals surface area (Å²) >= 11 is 0. The third-order valence-electron chi connectivity index (χ3n) is 2.88. The van der Waals surface area contributed by atoms with Crippen molar-refractivity contribution in [3.05, 3.63) is 11.7 Å². The number of hydrogen-bond acceptors (Lipinski definition) is 5. The summed E-state index contributed by atoms with van der Waals surface area (Å²) in [5.41, 5.74) is 0. The van der Waals surface area contributed by atoms with E-state index in [0.717, 1.165) is 37.9 Å². The van der Waals surface area contributed by atoms with Gasteiger partial charge in [-0.05, 0) is 26.3 Å². The highest BCUT2D eigenvalue weighted by molar-refractivity contribution is 4.87. The van der Waals surface area contributed by atoms with Gasteiger partial charge in [0.25, 0.3) is 0 Å². The normalized spacial score (nSPS) is 21.8. The Bertz CT molecular complexity index is 326. The molecule has 90 valence electrons. The molecule has 2 rings (SSSR count). The van der Waals surface area contributed by atoms with E-state index in [0.29, 0.717) is 6.04 Å². The molecule has 5 nitrogen and oxygen atoms in total. The zero-order valence-corrected chi connectivity index (χ0v) is 10.1. The standard InChI is InChI=1S/C11H20N4O/c1-3-5-12-10-4-6-15(7-10)8-11-13-9(2)14-16-11/h10,12H,3-8H2,1-2H3. The molecule has 0 spiro atoms. The van der Waals surface area contributed by atoms with Crippen LogP contribution in [0.15, 0.2) is 4.52 Å². The first-order valence-electron chi connectivity index (χ1n) is 6.03. The van der Waals surface area contributed by atoms with Crippen molar-refractivity contribution in [2.45, 2.75) is 39.3 Å². The first-order valence-corrected chi connectivity index (χ1v) is 6.03. The molecule has 1 aliphatic rings. The molecule has 1 N–H and O–H groups in total. The lowest BCUT2D eigenvalue weighted by Gasteiger charge is -2.14. The monoisotopic (exact) mass is 224 g/mol. The Kier molecular flexibility index (Phi) is 3.90. The maximum atomic E-state index is 5.12. The maximum absolute atomic E-state index is 5.12. The van der Waals surface area contributed by atoms with Gasteiger partial charge in [-0.3, -0.25) is 4.90 Å². The van der Waals surface area contributed by atoms with Gasteiger partial charge in [0.1, 0.15) is 0 Å². The van der Waals surface area contributed by atoms with E-state index >= 15 is 0 Å². The summed E-state index contributed by atoms with van der Waals surface area (Å²) < 4.78 is 5.12. The smallest absolute Gasteiger partial charge is 0.240 e. The van der Waals surface area contributed by atoms with E-state index in [-0.39, 0.29) is 0 Å².